The maximum absolute atomic E-state index is 12.2. The molecular weight excluding hydrogens is 386 g/mol. The molecule has 0 amide bonds. The molecule has 4 aromatic heterocycles. The monoisotopic (exact) mass is 401 g/mol. The molecular formula is C16H15N7O4S. The Kier molecular flexibility index (Phi) is 4.26. The van der Waals surface area contributed by atoms with Gasteiger partial charge in [-0.1, -0.05) is 0 Å². The highest BCUT2D eigenvalue weighted by Gasteiger charge is 2.23. The van der Waals surface area contributed by atoms with Crippen LogP contribution in [0.3, 0.4) is 0 Å². The standard InChI is InChI=1S/C16H15N7O4S/c1-4-27-16(24)12-8(2)11-14-19-13(20-22(14)7-17-15(11)28-12)9(3)21-6-10(5-18-21)23(25)26/h5-7,9H,4H2,1-3H3/t9-/m1/s1. The molecule has 0 aliphatic carbocycles. The van der Waals surface area contributed by atoms with Gasteiger partial charge in [-0.25, -0.2) is 19.3 Å². The van der Waals surface area contributed by atoms with Crippen LogP contribution in [-0.2, 0) is 4.74 Å². The number of thiophene rings is 1. The first kappa shape index (κ1) is 18.0. The maximum Gasteiger partial charge on any atom is 0.348 e. The minimum Gasteiger partial charge on any atom is -0.462 e. The fraction of sp³-hybridized carbons (Fsp3) is 0.312. The van der Waals surface area contributed by atoms with Gasteiger partial charge in [-0.05, 0) is 26.3 Å². The fourth-order valence-electron chi connectivity index (χ4n) is 2.87. The molecule has 4 aromatic rings. The maximum atomic E-state index is 12.2. The summed E-state index contributed by atoms with van der Waals surface area (Å²) < 4.78 is 8.07. The molecule has 0 aliphatic heterocycles. The van der Waals surface area contributed by atoms with Gasteiger partial charge in [-0.3, -0.25) is 14.8 Å². The molecule has 4 rings (SSSR count). The Bertz CT molecular complexity index is 1220. The van der Waals surface area contributed by atoms with E-state index in [9.17, 15) is 14.9 Å². The number of ether oxygens (including phenoxy) is 1. The number of fused-ring (bicyclic) bond motifs is 3. The van der Waals surface area contributed by atoms with Gasteiger partial charge in [-0.15, -0.1) is 16.4 Å². The van der Waals surface area contributed by atoms with Crippen LogP contribution < -0.4 is 0 Å². The molecule has 1 atom stereocenters. The summed E-state index contributed by atoms with van der Waals surface area (Å²) in [5, 5.41) is 20.1. The van der Waals surface area contributed by atoms with E-state index < -0.39 is 16.9 Å². The van der Waals surface area contributed by atoms with E-state index in [0.717, 1.165) is 10.9 Å². The van der Waals surface area contributed by atoms with Crippen molar-refractivity contribution in [1.29, 1.82) is 0 Å². The molecule has 4 heterocycles. The molecule has 11 nitrogen and oxygen atoms in total. The Morgan fingerprint density at radius 3 is 2.93 bits per heavy atom. The average Bonchev–Trinajstić information content (AvgIpc) is 3.37. The Morgan fingerprint density at radius 2 is 2.25 bits per heavy atom. The topological polar surface area (TPSA) is 130 Å². The molecule has 0 N–H and O–H groups in total. The predicted octanol–water partition coefficient (Wildman–Crippen LogP) is 2.54. The van der Waals surface area contributed by atoms with Gasteiger partial charge in [0.25, 0.3) is 0 Å². The number of hydrogen-bond donors (Lipinski definition) is 0. The molecule has 28 heavy (non-hydrogen) atoms. The van der Waals surface area contributed by atoms with Gasteiger partial charge in [-0.2, -0.15) is 5.10 Å². The van der Waals surface area contributed by atoms with E-state index in [1.165, 1.54) is 39.3 Å². The molecule has 0 spiro atoms. The predicted molar refractivity (Wildman–Crippen MR) is 99.6 cm³/mol. The molecule has 144 valence electrons. The number of esters is 1. The van der Waals surface area contributed by atoms with Crippen molar-refractivity contribution in [2.24, 2.45) is 0 Å². The van der Waals surface area contributed by atoms with E-state index in [0.29, 0.717) is 21.2 Å². The molecule has 0 bridgehead atoms. The number of aryl methyl sites for hydroxylation is 1. The smallest absolute Gasteiger partial charge is 0.348 e. The second kappa shape index (κ2) is 6.64. The van der Waals surface area contributed by atoms with Crippen LogP contribution in [0.1, 0.15) is 40.9 Å². The Morgan fingerprint density at radius 1 is 1.46 bits per heavy atom. The first-order chi connectivity index (χ1) is 13.4. The number of carbonyl (C=O) groups is 1. The molecule has 0 radical (unpaired) electrons. The van der Waals surface area contributed by atoms with Crippen molar-refractivity contribution in [1.82, 2.24) is 29.4 Å². The molecule has 0 aromatic carbocycles. The third-order valence-corrected chi connectivity index (χ3v) is 5.49. The van der Waals surface area contributed by atoms with Crippen LogP contribution in [0.15, 0.2) is 18.7 Å². The summed E-state index contributed by atoms with van der Waals surface area (Å²) in [5.41, 5.74) is 1.18. The van der Waals surface area contributed by atoms with Crippen molar-refractivity contribution in [3.8, 4) is 0 Å². The van der Waals surface area contributed by atoms with Gasteiger partial charge in [0.05, 0.1) is 16.9 Å². The van der Waals surface area contributed by atoms with Gasteiger partial charge in [0.15, 0.2) is 11.5 Å². The Labute approximate surface area is 161 Å². The summed E-state index contributed by atoms with van der Waals surface area (Å²) in [6, 6.07) is -0.424. The molecule has 0 saturated carbocycles. The summed E-state index contributed by atoms with van der Waals surface area (Å²) in [5.74, 6) is 0.0358. The van der Waals surface area contributed by atoms with Crippen LogP contribution in [0, 0.1) is 17.0 Å². The lowest BCUT2D eigenvalue weighted by Crippen LogP contribution is -2.09. The summed E-state index contributed by atoms with van der Waals surface area (Å²) >= 11 is 1.25. The van der Waals surface area contributed by atoms with Gasteiger partial charge < -0.3 is 4.74 Å². The molecule has 12 heteroatoms. The van der Waals surface area contributed by atoms with E-state index >= 15 is 0 Å². The number of carbonyl (C=O) groups excluding carboxylic acids is 1. The lowest BCUT2D eigenvalue weighted by Gasteiger charge is -2.05. The highest BCUT2D eigenvalue weighted by Crippen LogP contribution is 2.32. The Hall–Kier alpha value is -3.41. The van der Waals surface area contributed by atoms with E-state index in [1.54, 1.807) is 13.8 Å². The quantitative estimate of drug-likeness (QED) is 0.283. The zero-order valence-corrected chi connectivity index (χ0v) is 16.0. The van der Waals surface area contributed by atoms with E-state index in [4.69, 9.17) is 4.74 Å². The van der Waals surface area contributed by atoms with Gasteiger partial charge >= 0.3 is 11.7 Å². The van der Waals surface area contributed by atoms with Crippen molar-refractivity contribution >= 4 is 38.9 Å². The molecule has 0 fully saturated rings. The summed E-state index contributed by atoms with van der Waals surface area (Å²) in [6.07, 6.45) is 4.04. The molecule has 0 unspecified atom stereocenters. The highest BCUT2D eigenvalue weighted by atomic mass is 32.1. The van der Waals surface area contributed by atoms with E-state index in [2.05, 4.69) is 20.2 Å². The second-order valence-electron chi connectivity index (χ2n) is 6.05. The SMILES string of the molecule is CCOC(=O)c1sc2ncn3nc([C@@H](C)n4cc([N+](=O)[O-])cn4)nc3c2c1C. The second-order valence-corrected chi connectivity index (χ2v) is 7.05. The zero-order valence-electron chi connectivity index (χ0n) is 15.2. The van der Waals surface area contributed by atoms with Crippen molar-refractivity contribution in [3.63, 3.8) is 0 Å². The van der Waals surface area contributed by atoms with Crippen molar-refractivity contribution in [3.05, 3.63) is 45.1 Å². The summed E-state index contributed by atoms with van der Waals surface area (Å²) in [6.45, 7) is 5.66. The number of rotatable bonds is 5. The van der Waals surface area contributed by atoms with Crippen LogP contribution in [-0.4, -0.2) is 46.9 Å². The third kappa shape index (κ3) is 2.78. The average molecular weight is 401 g/mol. The van der Waals surface area contributed by atoms with E-state index in [1.807, 2.05) is 6.92 Å². The number of nitrogens with zero attached hydrogens (tertiary/aromatic N) is 7. The third-order valence-electron chi connectivity index (χ3n) is 4.31. The lowest BCUT2D eigenvalue weighted by atomic mass is 10.2. The normalized spacial score (nSPS) is 12.5. The van der Waals surface area contributed by atoms with Crippen molar-refractivity contribution < 1.29 is 14.5 Å². The minimum absolute atomic E-state index is 0.104. The van der Waals surface area contributed by atoms with Gasteiger partial charge in [0, 0.05) is 0 Å². The summed E-state index contributed by atoms with van der Waals surface area (Å²) in [7, 11) is 0. The highest BCUT2D eigenvalue weighted by molar-refractivity contribution is 7.20. The van der Waals surface area contributed by atoms with Crippen molar-refractivity contribution in [2.45, 2.75) is 26.8 Å². The van der Waals surface area contributed by atoms with E-state index in [-0.39, 0.29) is 12.3 Å². The summed E-state index contributed by atoms with van der Waals surface area (Å²) in [4.78, 5) is 32.6. The molecule has 0 saturated heterocycles. The van der Waals surface area contributed by atoms with Crippen LogP contribution in [0.2, 0.25) is 0 Å². The van der Waals surface area contributed by atoms with Gasteiger partial charge in [0.2, 0.25) is 0 Å². The largest absolute Gasteiger partial charge is 0.462 e. The van der Waals surface area contributed by atoms with Crippen LogP contribution >= 0.6 is 11.3 Å². The lowest BCUT2D eigenvalue weighted by molar-refractivity contribution is -0.385. The number of nitro groups is 1. The van der Waals surface area contributed by atoms with Crippen LogP contribution in [0.5, 0.6) is 0 Å². The first-order valence-electron chi connectivity index (χ1n) is 8.40. The minimum atomic E-state index is -0.508. The zero-order chi connectivity index (χ0) is 20.0. The van der Waals surface area contributed by atoms with Crippen LogP contribution in [0.4, 0.5) is 5.69 Å². The van der Waals surface area contributed by atoms with Crippen molar-refractivity contribution in [2.75, 3.05) is 6.61 Å². The van der Waals surface area contributed by atoms with Crippen LogP contribution in [0.25, 0.3) is 15.9 Å². The Balaban J connectivity index is 1.80. The molecule has 0 aliphatic rings. The number of hydrogen-bond acceptors (Lipinski definition) is 9. The van der Waals surface area contributed by atoms with Gasteiger partial charge in [0.1, 0.15) is 34.5 Å². The number of aromatic nitrogens is 6. The first-order valence-corrected chi connectivity index (χ1v) is 9.22. The fourth-order valence-corrected chi connectivity index (χ4v) is 3.91.